The van der Waals surface area contributed by atoms with Crippen molar-refractivity contribution in [2.75, 3.05) is 27.2 Å². The highest BCUT2D eigenvalue weighted by Gasteiger charge is 2.32. The van der Waals surface area contributed by atoms with Crippen LogP contribution in [0.5, 0.6) is 0 Å². The van der Waals surface area contributed by atoms with Crippen LogP contribution < -0.4 is 0 Å². The first-order valence-corrected chi connectivity index (χ1v) is 5.69. The Morgan fingerprint density at radius 3 is 2.81 bits per heavy atom. The van der Waals surface area contributed by atoms with Crippen LogP contribution in [0.4, 0.5) is 0 Å². The topological polar surface area (TPSA) is 60.9 Å². The van der Waals surface area contributed by atoms with Crippen molar-refractivity contribution >= 4 is 11.9 Å². The Kier molecular flexibility index (Phi) is 4.73. The molecular formula is C11H20N2O3. The first-order valence-electron chi connectivity index (χ1n) is 5.69. The lowest BCUT2D eigenvalue weighted by molar-refractivity contribution is -0.153. The molecule has 0 aromatic heterocycles. The van der Waals surface area contributed by atoms with Gasteiger partial charge < -0.3 is 14.9 Å². The van der Waals surface area contributed by atoms with Crippen LogP contribution in [0.2, 0.25) is 0 Å². The van der Waals surface area contributed by atoms with Gasteiger partial charge in [-0.1, -0.05) is 0 Å². The second kappa shape index (κ2) is 5.84. The van der Waals surface area contributed by atoms with Crippen LogP contribution in [0.25, 0.3) is 0 Å². The molecule has 0 radical (unpaired) electrons. The van der Waals surface area contributed by atoms with Crippen LogP contribution in [0, 0.1) is 0 Å². The van der Waals surface area contributed by atoms with Crippen molar-refractivity contribution in [3.8, 4) is 0 Å². The van der Waals surface area contributed by atoms with Gasteiger partial charge in [0.1, 0.15) is 6.04 Å². The Morgan fingerprint density at radius 2 is 2.25 bits per heavy atom. The smallest absolute Gasteiger partial charge is 0.326 e. The number of carboxylic acids is 1. The predicted molar refractivity (Wildman–Crippen MR) is 60.2 cm³/mol. The number of likely N-dealkylation sites (tertiary alicyclic amines) is 1. The van der Waals surface area contributed by atoms with Crippen LogP contribution >= 0.6 is 0 Å². The third-order valence-electron chi connectivity index (χ3n) is 2.85. The molecule has 5 heteroatoms. The Labute approximate surface area is 96.0 Å². The summed E-state index contributed by atoms with van der Waals surface area (Å²) >= 11 is 0. The molecule has 1 fully saturated rings. The van der Waals surface area contributed by atoms with E-state index in [0.717, 1.165) is 13.0 Å². The maximum Gasteiger partial charge on any atom is 0.326 e. The maximum absolute atomic E-state index is 11.6. The van der Waals surface area contributed by atoms with Gasteiger partial charge in [-0.3, -0.25) is 4.79 Å². The zero-order valence-corrected chi connectivity index (χ0v) is 9.98. The highest BCUT2D eigenvalue weighted by Crippen LogP contribution is 2.18. The molecule has 1 rings (SSSR count). The van der Waals surface area contributed by atoms with Crippen molar-refractivity contribution < 1.29 is 14.7 Å². The lowest BCUT2D eigenvalue weighted by Gasteiger charge is -2.33. The minimum Gasteiger partial charge on any atom is -0.480 e. The van der Waals surface area contributed by atoms with Gasteiger partial charge in [-0.25, -0.2) is 4.79 Å². The van der Waals surface area contributed by atoms with Crippen LogP contribution in [0.3, 0.4) is 0 Å². The second-order valence-electron chi connectivity index (χ2n) is 4.49. The lowest BCUT2D eigenvalue weighted by atomic mass is 10.0. The molecule has 1 saturated heterocycles. The van der Waals surface area contributed by atoms with Gasteiger partial charge in [-0.15, -0.1) is 0 Å². The number of nitrogens with zero attached hydrogens (tertiary/aromatic N) is 2. The molecule has 1 N–H and O–H groups in total. The monoisotopic (exact) mass is 228 g/mol. The van der Waals surface area contributed by atoms with Crippen LogP contribution in [0.15, 0.2) is 0 Å². The average molecular weight is 228 g/mol. The number of carbonyl (C=O) groups is 2. The lowest BCUT2D eigenvalue weighted by Crippen LogP contribution is -2.48. The number of hydrogen-bond donors (Lipinski definition) is 1. The van der Waals surface area contributed by atoms with Crippen molar-refractivity contribution in [2.24, 2.45) is 0 Å². The summed E-state index contributed by atoms with van der Waals surface area (Å²) in [6.45, 7) is 1.42. The number of carboxylic acid groups (broad SMARTS) is 1. The van der Waals surface area contributed by atoms with Crippen molar-refractivity contribution in [3.63, 3.8) is 0 Å². The Morgan fingerprint density at radius 1 is 1.56 bits per heavy atom. The molecule has 16 heavy (non-hydrogen) atoms. The second-order valence-corrected chi connectivity index (χ2v) is 4.49. The van der Waals surface area contributed by atoms with E-state index in [-0.39, 0.29) is 5.91 Å². The Bertz CT molecular complexity index is 266. The van der Waals surface area contributed by atoms with Gasteiger partial charge in [0.2, 0.25) is 5.91 Å². The SMILES string of the molecule is CN(C)CCCN1C(=O)CCCC1C(=O)O. The van der Waals surface area contributed by atoms with Gasteiger partial charge in [0.25, 0.3) is 0 Å². The van der Waals surface area contributed by atoms with Crippen molar-refractivity contribution in [1.82, 2.24) is 9.80 Å². The van der Waals surface area contributed by atoms with E-state index in [0.29, 0.717) is 25.8 Å². The molecule has 0 bridgehead atoms. The van der Waals surface area contributed by atoms with E-state index in [9.17, 15) is 9.59 Å². The molecule has 0 aliphatic carbocycles. The highest BCUT2D eigenvalue weighted by molar-refractivity contribution is 5.84. The van der Waals surface area contributed by atoms with Crippen molar-refractivity contribution in [3.05, 3.63) is 0 Å². The number of rotatable bonds is 5. The minimum atomic E-state index is -0.877. The zero-order valence-electron chi connectivity index (χ0n) is 9.98. The Hall–Kier alpha value is -1.10. The normalized spacial score (nSPS) is 21.6. The molecule has 92 valence electrons. The highest BCUT2D eigenvalue weighted by atomic mass is 16.4. The van der Waals surface area contributed by atoms with Gasteiger partial charge >= 0.3 is 5.97 Å². The van der Waals surface area contributed by atoms with E-state index in [2.05, 4.69) is 0 Å². The number of carbonyl (C=O) groups excluding carboxylic acids is 1. The number of hydrogen-bond acceptors (Lipinski definition) is 3. The fourth-order valence-corrected chi connectivity index (χ4v) is 2.01. The summed E-state index contributed by atoms with van der Waals surface area (Å²) in [5.74, 6) is -0.893. The van der Waals surface area contributed by atoms with Gasteiger partial charge in [0.05, 0.1) is 0 Å². The molecule has 5 nitrogen and oxygen atoms in total. The summed E-state index contributed by atoms with van der Waals surface area (Å²) in [6, 6.07) is -0.608. The molecular weight excluding hydrogens is 208 g/mol. The molecule has 1 amide bonds. The van der Waals surface area contributed by atoms with Gasteiger partial charge in [0, 0.05) is 13.0 Å². The summed E-state index contributed by atoms with van der Waals surface area (Å²) < 4.78 is 0. The van der Waals surface area contributed by atoms with Gasteiger partial charge in [-0.05, 0) is 39.9 Å². The average Bonchev–Trinajstić information content (AvgIpc) is 2.19. The molecule has 0 aromatic carbocycles. The number of aliphatic carboxylic acids is 1. The first-order chi connectivity index (χ1) is 7.52. The minimum absolute atomic E-state index is 0.0163. The summed E-state index contributed by atoms with van der Waals surface area (Å²) in [5, 5.41) is 9.03. The third-order valence-corrected chi connectivity index (χ3v) is 2.85. The summed E-state index contributed by atoms with van der Waals surface area (Å²) in [6.07, 6.45) is 2.59. The molecule has 0 aromatic rings. The molecule has 1 heterocycles. The molecule has 1 aliphatic heterocycles. The number of amides is 1. The molecule has 0 saturated carbocycles. The van der Waals surface area contributed by atoms with E-state index >= 15 is 0 Å². The molecule has 1 aliphatic rings. The summed E-state index contributed by atoms with van der Waals surface area (Å²) in [5.41, 5.74) is 0. The van der Waals surface area contributed by atoms with E-state index in [1.165, 1.54) is 4.90 Å². The number of piperidine rings is 1. The van der Waals surface area contributed by atoms with E-state index < -0.39 is 12.0 Å². The van der Waals surface area contributed by atoms with E-state index in [1.54, 1.807) is 0 Å². The fourth-order valence-electron chi connectivity index (χ4n) is 2.01. The first kappa shape index (κ1) is 13.0. The Balaban J connectivity index is 2.50. The standard InChI is InChI=1S/C11H20N2O3/c1-12(2)7-4-8-13-9(11(15)16)5-3-6-10(13)14/h9H,3-8H2,1-2H3,(H,15,16). The predicted octanol–water partition coefficient (Wildman–Crippen LogP) is 0.404. The fraction of sp³-hybridized carbons (Fsp3) is 0.818. The van der Waals surface area contributed by atoms with Crippen molar-refractivity contribution in [1.29, 1.82) is 0 Å². The quantitative estimate of drug-likeness (QED) is 0.740. The summed E-state index contributed by atoms with van der Waals surface area (Å²) in [4.78, 5) is 26.2. The molecule has 0 spiro atoms. The third kappa shape index (κ3) is 3.48. The maximum atomic E-state index is 11.6. The largest absolute Gasteiger partial charge is 0.480 e. The van der Waals surface area contributed by atoms with Crippen LogP contribution in [-0.4, -0.2) is 60.0 Å². The van der Waals surface area contributed by atoms with Crippen molar-refractivity contribution in [2.45, 2.75) is 31.7 Å². The molecule has 1 unspecified atom stereocenters. The summed E-state index contributed by atoms with van der Waals surface area (Å²) in [7, 11) is 3.93. The van der Waals surface area contributed by atoms with Gasteiger partial charge in [-0.2, -0.15) is 0 Å². The molecule has 1 atom stereocenters. The van der Waals surface area contributed by atoms with Crippen LogP contribution in [-0.2, 0) is 9.59 Å². The van der Waals surface area contributed by atoms with E-state index in [4.69, 9.17) is 5.11 Å². The van der Waals surface area contributed by atoms with Gasteiger partial charge in [0.15, 0.2) is 0 Å². The van der Waals surface area contributed by atoms with Crippen LogP contribution in [0.1, 0.15) is 25.7 Å². The zero-order chi connectivity index (χ0) is 12.1. The van der Waals surface area contributed by atoms with E-state index in [1.807, 2.05) is 19.0 Å².